The molecule has 1 saturated heterocycles. The van der Waals surface area contributed by atoms with E-state index in [1.165, 1.54) is 12.8 Å². The molecule has 2 nitrogen and oxygen atoms in total. The van der Waals surface area contributed by atoms with Gasteiger partial charge >= 0.3 is 0 Å². The molecule has 1 fully saturated rings. The second-order valence-corrected chi connectivity index (χ2v) is 3.58. The fourth-order valence-corrected chi connectivity index (χ4v) is 1.89. The van der Waals surface area contributed by atoms with Gasteiger partial charge in [-0.1, -0.05) is 13.8 Å². The molecule has 1 heterocycles. The second-order valence-electron chi connectivity index (χ2n) is 3.58. The molecule has 0 aliphatic carbocycles. The second kappa shape index (κ2) is 3.73. The summed E-state index contributed by atoms with van der Waals surface area (Å²) in [6.45, 7) is 6.21. The minimum absolute atomic E-state index is 0.614. The molecular weight excluding hydrogens is 136 g/mol. The maximum atomic E-state index is 8.53. The van der Waals surface area contributed by atoms with Gasteiger partial charge in [-0.05, 0) is 25.3 Å². The van der Waals surface area contributed by atoms with Crippen LogP contribution in [-0.2, 0) is 0 Å². The van der Waals surface area contributed by atoms with Crippen molar-refractivity contribution in [3.63, 3.8) is 0 Å². The van der Waals surface area contributed by atoms with Crippen molar-refractivity contribution in [3.8, 4) is 6.07 Å². The topological polar surface area (TPSA) is 27.0 Å². The number of rotatable bonds is 2. The Kier molecular flexibility index (Phi) is 2.90. The van der Waals surface area contributed by atoms with Crippen LogP contribution in [0.3, 0.4) is 0 Å². The SMILES string of the molecule is CC(C)C1CCCN1CC#N. The molecule has 1 rings (SSSR count). The number of hydrogen-bond acceptors (Lipinski definition) is 2. The van der Waals surface area contributed by atoms with Crippen molar-refractivity contribution in [2.24, 2.45) is 5.92 Å². The van der Waals surface area contributed by atoms with Crippen molar-refractivity contribution >= 4 is 0 Å². The molecule has 2 heteroatoms. The van der Waals surface area contributed by atoms with Crippen molar-refractivity contribution < 1.29 is 0 Å². The standard InChI is InChI=1S/C9H16N2/c1-8(2)9-4-3-6-11(9)7-5-10/h8-9H,3-4,6-7H2,1-2H3. The maximum Gasteiger partial charge on any atom is 0.0868 e. The zero-order valence-electron chi connectivity index (χ0n) is 7.38. The van der Waals surface area contributed by atoms with Crippen molar-refractivity contribution in [2.75, 3.05) is 13.1 Å². The Morgan fingerprint density at radius 1 is 1.64 bits per heavy atom. The highest BCUT2D eigenvalue weighted by Gasteiger charge is 2.26. The lowest BCUT2D eigenvalue weighted by Gasteiger charge is -2.24. The van der Waals surface area contributed by atoms with E-state index in [9.17, 15) is 0 Å². The molecule has 0 aromatic heterocycles. The van der Waals surface area contributed by atoms with Crippen LogP contribution >= 0.6 is 0 Å². The summed E-state index contributed by atoms with van der Waals surface area (Å²) in [7, 11) is 0. The normalized spacial score (nSPS) is 25.8. The summed E-state index contributed by atoms with van der Waals surface area (Å²) in [6, 6.07) is 2.88. The van der Waals surface area contributed by atoms with Crippen LogP contribution in [0, 0.1) is 17.2 Å². The highest BCUT2D eigenvalue weighted by molar-refractivity contribution is 4.87. The lowest BCUT2D eigenvalue weighted by atomic mass is 10.0. The lowest BCUT2D eigenvalue weighted by Crippen LogP contribution is -2.33. The zero-order valence-corrected chi connectivity index (χ0v) is 7.38. The van der Waals surface area contributed by atoms with Crippen LogP contribution in [0.4, 0.5) is 0 Å². The highest BCUT2D eigenvalue weighted by atomic mass is 15.2. The fraction of sp³-hybridized carbons (Fsp3) is 0.889. The Bertz CT molecular complexity index is 157. The fourth-order valence-electron chi connectivity index (χ4n) is 1.89. The van der Waals surface area contributed by atoms with Crippen LogP contribution in [0.1, 0.15) is 26.7 Å². The first-order chi connectivity index (χ1) is 5.25. The van der Waals surface area contributed by atoms with Crippen molar-refractivity contribution in [3.05, 3.63) is 0 Å². The van der Waals surface area contributed by atoms with Gasteiger partial charge in [0.25, 0.3) is 0 Å². The Morgan fingerprint density at radius 2 is 2.36 bits per heavy atom. The van der Waals surface area contributed by atoms with Crippen LogP contribution < -0.4 is 0 Å². The molecule has 0 saturated carbocycles. The van der Waals surface area contributed by atoms with E-state index in [1.54, 1.807) is 0 Å². The molecule has 0 bridgehead atoms. The van der Waals surface area contributed by atoms with Gasteiger partial charge in [-0.2, -0.15) is 5.26 Å². The summed E-state index contributed by atoms with van der Waals surface area (Å²) >= 11 is 0. The van der Waals surface area contributed by atoms with Gasteiger partial charge in [0.1, 0.15) is 0 Å². The van der Waals surface area contributed by atoms with E-state index in [0.29, 0.717) is 18.5 Å². The Labute approximate surface area is 68.8 Å². The molecule has 1 unspecified atom stereocenters. The van der Waals surface area contributed by atoms with E-state index >= 15 is 0 Å². The average Bonchev–Trinajstić information content (AvgIpc) is 2.36. The van der Waals surface area contributed by atoms with Gasteiger partial charge in [0.05, 0.1) is 12.6 Å². The van der Waals surface area contributed by atoms with Crippen LogP contribution in [0.25, 0.3) is 0 Å². The first-order valence-corrected chi connectivity index (χ1v) is 4.36. The van der Waals surface area contributed by atoms with Crippen LogP contribution in [0.2, 0.25) is 0 Å². The van der Waals surface area contributed by atoms with Crippen LogP contribution in [0.15, 0.2) is 0 Å². The summed E-state index contributed by atoms with van der Waals surface area (Å²) in [5.74, 6) is 0.700. The Morgan fingerprint density at radius 3 is 2.91 bits per heavy atom. The largest absolute Gasteiger partial charge is 0.287 e. The molecule has 62 valence electrons. The molecule has 0 amide bonds. The molecule has 0 N–H and O–H groups in total. The van der Waals surface area contributed by atoms with Gasteiger partial charge in [0.2, 0.25) is 0 Å². The third-order valence-corrected chi connectivity index (χ3v) is 2.46. The monoisotopic (exact) mass is 152 g/mol. The van der Waals surface area contributed by atoms with Crippen molar-refractivity contribution in [1.82, 2.24) is 4.90 Å². The van der Waals surface area contributed by atoms with Gasteiger partial charge < -0.3 is 0 Å². The zero-order chi connectivity index (χ0) is 8.27. The van der Waals surface area contributed by atoms with E-state index in [0.717, 1.165) is 6.54 Å². The molecule has 1 atom stereocenters. The van der Waals surface area contributed by atoms with Crippen LogP contribution in [0.5, 0.6) is 0 Å². The third kappa shape index (κ3) is 1.94. The molecule has 11 heavy (non-hydrogen) atoms. The number of likely N-dealkylation sites (tertiary alicyclic amines) is 1. The highest BCUT2D eigenvalue weighted by Crippen LogP contribution is 2.22. The maximum absolute atomic E-state index is 8.53. The van der Waals surface area contributed by atoms with Gasteiger partial charge in [-0.25, -0.2) is 0 Å². The third-order valence-electron chi connectivity index (χ3n) is 2.46. The predicted octanol–water partition coefficient (Wildman–Crippen LogP) is 1.63. The Balaban J connectivity index is 2.45. The quantitative estimate of drug-likeness (QED) is 0.562. The van der Waals surface area contributed by atoms with E-state index in [1.807, 2.05) is 0 Å². The molecule has 0 aromatic carbocycles. The van der Waals surface area contributed by atoms with Gasteiger partial charge in [0, 0.05) is 6.04 Å². The Hall–Kier alpha value is -0.550. The summed E-state index contributed by atoms with van der Waals surface area (Å²) in [4.78, 5) is 2.30. The first-order valence-electron chi connectivity index (χ1n) is 4.36. The van der Waals surface area contributed by atoms with E-state index < -0.39 is 0 Å². The predicted molar refractivity (Wildman–Crippen MR) is 45.0 cm³/mol. The number of nitrogens with zero attached hydrogens (tertiary/aromatic N) is 2. The molecule has 1 aliphatic heterocycles. The minimum Gasteiger partial charge on any atom is -0.287 e. The van der Waals surface area contributed by atoms with Crippen molar-refractivity contribution in [1.29, 1.82) is 5.26 Å². The first kappa shape index (κ1) is 8.55. The molecule has 1 aliphatic rings. The van der Waals surface area contributed by atoms with Gasteiger partial charge in [0.15, 0.2) is 0 Å². The summed E-state index contributed by atoms with van der Waals surface area (Å²) in [5, 5.41) is 8.53. The lowest BCUT2D eigenvalue weighted by molar-refractivity contribution is 0.229. The molecule has 0 spiro atoms. The number of nitriles is 1. The number of hydrogen-bond donors (Lipinski definition) is 0. The summed E-state index contributed by atoms with van der Waals surface area (Å²) in [5.41, 5.74) is 0. The smallest absolute Gasteiger partial charge is 0.0868 e. The summed E-state index contributed by atoms with van der Waals surface area (Å²) < 4.78 is 0. The van der Waals surface area contributed by atoms with Gasteiger partial charge in [-0.15, -0.1) is 0 Å². The van der Waals surface area contributed by atoms with Crippen molar-refractivity contribution in [2.45, 2.75) is 32.7 Å². The van der Waals surface area contributed by atoms with E-state index in [-0.39, 0.29) is 0 Å². The van der Waals surface area contributed by atoms with E-state index in [2.05, 4.69) is 24.8 Å². The van der Waals surface area contributed by atoms with Crippen LogP contribution in [-0.4, -0.2) is 24.0 Å². The average molecular weight is 152 g/mol. The molecular formula is C9H16N2. The summed E-state index contributed by atoms with van der Waals surface area (Å²) in [6.07, 6.45) is 2.55. The molecule has 0 radical (unpaired) electrons. The van der Waals surface area contributed by atoms with E-state index in [4.69, 9.17) is 5.26 Å². The van der Waals surface area contributed by atoms with Gasteiger partial charge in [-0.3, -0.25) is 4.90 Å². The minimum atomic E-state index is 0.614. The molecule has 0 aromatic rings.